The van der Waals surface area contributed by atoms with Gasteiger partial charge < -0.3 is 15.7 Å². The lowest BCUT2D eigenvalue weighted by molar-refractivity contribution is -0.137. The number of fused-ring (bicyclic) bond motifs is 1. The van der Waals surface area contributed by atoms with Crippen molar-refractivity contribution in [2.24, 2.45) is 0 Å². The fourth-order valence-electron chi connectivity index (χ4n) is 3.37. The number of hydrogen-bond acceptors (Lipinski definition) is 5. The van der Waals surface area contributed by atoms with Crippen LogP contribution in [0.15, 0.2) is 30.5 Å². The molecule has 8 nitrogen and oxygen atoms in total. The highest BCUT2D eigenvalue weighted by atomic mass is 19.1. The van der Waals surface area contributed by atoms with E-state index >= 15 is 0 Å². The molecule has 0 atom stereocenters. The molecule has 0 saturated carbocycles. The molecule has 0 aliphatic carbocycles. The molecule has 28 heavy (non-hydrogen) atoms. The zero-order chi connectivity index (χ0) is 20.0. The number of nitrogens with zero attached hydrogens (tertiary/aromatic N) is 4. The molecule has 0 spiro atoms. The smallest absolute Gasteiger partial charge is 0.325 e. The largest absolute Gasteiger partial charge is 0.480 e. The van der Waals surface area contributed by atoms with E-state index in [2.05, 4.69) is 10.1 Å². The van der Waals surface area contributed by atoms with Crippen molar-refractivity contribution >= 4 is 28.6 Å². The maximum absolute atomic E-state index is 14.4. The summed E-state index contributed by atoms with van der Waals surface area (Å²) in [4.78, 5) is 28.9. The number of carbonyl (C=O) groups is 2. The number of hydrogen-bond donors (Lipinski definition) is 2. The van der Waals surface area contributed by atoms with Crippen LogP contribution in [0.1, 0.15) is 22.0 Å². The number of aromatic nitrogens is 3. The van der Waals surface area contributed by atoms with Crippen LogP contribution in [0, 0.1) is 11.6 Å². The molecule has 1 saturated heterocycles. The van der Waals surface area contributed by atoms with Crippen molar-refractivity contribution < 1.29 is 23.5 Å². The lowest BCUT2D eigenvalue weighted by Crippen LogP contribution is -2.48. The average molecular weight is 387 g/mol. The van der Waals surface area contributed by atoms with Gasteiger partial charge in [-0.1, -0.05) is 0 Å². The molecule has 2 aromatic heterocycles. The third-order valence-corrected chi connectivity index (χ3v) is 4.67. The molecule has 0 unspecified atom stereocenters. The van der Waals surface area contributed by atoms with Gasteiger partial charge in [-0.25, -0.2) is 13.8 Å². The topological polar surface area (TPSA) is 114 Å². The minimum absolute atomic E-state index is 0.0709. The highest BCUT2D eigenvalue weighted by Crippen LogP contribution is 2.34. The zero-order valence-electron chi connectivity index (χ0n) is 14.5. The number of aliphatic carboxylic acids is 1. The van der Waals surface area contributed by atoms with Crippen LogP contribution in [0.2, 0.25) is 0 Å². The van der Waals surface area contributed by atoms with Gasteiger partial charge in [-0.05, 0) is 12.1 Å². The second-order valence-corrected chi connectivity index (χ2v) is 6.59. The predicted molar refractivity (Wildman–Crippen MR) is 94.6 cm³/mol. The first-order valence-corrected chi connectivity index (χ1v) is 8.41. The highest BCUT2D eigenvalue weighted by Gasteiger charge is 2.36. The van der Waals surface area contributed by atoms with Crippen LogP contribution < -0.4 is 5.73 Å². The summed E-state index contributed by atoms with van der Waals surface area (Å²) in [5.74, 6) is -3.12. The lowest BCUT2D eigenvalue weighted by atomic mass is 9.93. The number of anilines is 1. The highest BCUT2D eigenvalue weighted by molar-refractivity contribution is 5.95. The molecule has 1 fully saturated rings. The summed E-state index contributed by atoms with van der Waals surface area (Å²) in [6.07, 6.45) is 1.44. The standard InChI is InChI=1S/C18H15F2N5O3/c19-11-4-12(20)16-13(5-11)25(8-15(26)27)23-17(16)10-6-24(7-10)18(28)9-1-2-22-14(21)3-9/h1-5,10H,6-8H2,(H2,21,22)(H,26,27). The second-order valence-electron chi connectivity index (χ2n) is 6.59. The number of carboxylic acids is 1. The summed E-state index contributed by atoms with van der Waals surface area (Å²) in [6, 6.07) is 4.81. The Morgan fingerprint density at radius 1 is 1.25 bits per heavy atom. The molecule has 0 radical (unpaired) electrons. The molecular weight excluding hydrogens is 372 g/mol. The number of likely N-dealkylation sites (tertiary alicyclic amines) is 1. The average Bonchev–Trinajstić information content (AvgIpc) is 2.91. The monoisotopic (exact) mass is 387 g/mol. The Kier molecular flexibility index (Phi) is 4.17. The molecule has 10 heteroatoms. The van der Waals surface area contributed by atoms with Crippen LogP contribution in [0.5, 0.6) is 0 Å². The summed E-state index contributed by atoms with van der Waals surface area (Å²) < 4.78 is 29.1. The number of amides is 1. The van der Waals surface area contributed by atoms with Crippen LogP contribution in [-0.4, -0.2) is 49.7 Å². The van der Waals surface area contributed by atoms with E-state index in [1.165, 1.54) is 12.3 Å². The van der Waals surface area contributed by atoms with Crippen LogP contribution in [-0.2, 0) is 11.3 Å². The Morgan fingerprint density at radius 2 is 2.00 bits per heavy atom. The Balaban J connectivity index is 1.62. The molecular formula is C18H15F2N5O3. The fourth-order valence-corrected chi connectivity index (χ4v) is 3.37. The van der Waals surface area contributed by atoms with Crippen LogP contribution in [0.3, 0.4) is 0 Å². The van der Waals surface area contributed by atoms with Gasteiger partial charge in [0, 0.05) is 42.9 Å². The first-order chi connectivity index (χ1) is 13.3. The Morgan fingerprint density at radius 3 is 2.68 bits per heavy atom. The Hall–Kier alpha value is -3.56. The number of carboxylic acid groups (broad SMARTS) is 1. The van der Waals surface area contributed by atoms with Crippen molar-refractivity contribution in [3.8, 4) is 0 Å². The first-order valence-electron chi connectivity index (χ1n) is 8.41. The summed E-state index contributed by atoms with van der Waals surface area (Å²) >= 11 is 0. The molecule has 144 valence electrons. The quantitative estimate of drug-likeness (QED) is 0.703. The maximum atomic E-state index is 14.4. The van der Waals surface area contributed by atoms with Gasteiger partial charge in [-0.2, -0.15) is 5.10 Å². The fraction of sp³-hybridized carbons (Fsp3) is 0.222. The van der Waals surface area contributed by atoms with E-state index in [-0.39, 0.29) is 41.6 Å². The van der Waals surface area contributed by atoms with E-state index in [1.54, 1.807) is 11.0 Å². The van der Waals surface area contributed by atoms with Crippen molar-refractivity contribution in [3.05, 3.63) is 53.4 Å². The van der Waals surface area contributed by atoms with Gasteiger partial charge in [0.1, 0.15) is 24.0 Å². The molecule has 3 heterocycles. The second kappa shape index (κ2) is 6.55. The molecule has 3 N–H and O–H groups in total. The van der Waals surface area contributed by atoms with Crippen LogP contribution >= 0.6 is 0 Å². The normalized spacial score (nSPS) is 14.3. The minimum atomic E-state index is -1.18. The van der Waals surface area contributed by atoms with Crippen molar-refractivity contribution in [2.45, 2.75) is 12.5 Å². The van der Waals surface area contributed by atoms with Crippen molar-refractivity contribution in [3.63, 3.8) is 0 Å². The number of benzene rings is 1. The molecule has 1 aromatic carbocycles. The van der Waals surface area contributed by atoms with Gasteiger partial charge in [0.2, 0.25) is 0 Å². The number of nitrogen functional groups attached to an aromatic ring is 1. The van der Waals surface area contributed by atoms with E-state index in [0.717, 1.165) is 16.8 Å². The third kappa shape index (κ3) is 3.02. The molecule has 4 rings (SSSR count). The van der Waals surface area contributed by atoms with Crippen LogP contribution in [0.25, 0.3) is 10.9 Å². The summed E-state index contributed by atoms with van der Waals surface area (Å²) in [7, 11) is 0. The van der Waals surface area contributed by atoms with E-state index in [4.69, 9.17) is 10.8 Å². The number of rotatable bonds is 4. The molecule has 1 amide bonds. The van der Waals surface area contributed by atoms with Crippen molar-refractivity contribution in [1.29, 1.82) is 0 Å². The van der Waals surface area contributed by atoms with E-state index < -0.39 is 24.1 Å². The minimum Gasteiger partial charge on any atom is -0.480 e. The molecule has 0 bridgehead atoms. The summed E-state index contributed by atoms with van der Waals surface area (Å²) in [6.45, 7) is 0.0270. The zero-order valence-corrected chi connectivity index (χ0v) is 14.5. The number of pyridine rings is 1. The van der Waals surface area contributed by atoms with E-state index in [0.29, 0.717) is 11.3 Å². The number of nitrogens with two attached hydrogens (primary N) is 1. The van der Waals surface area contributed by atoms with E-state index in [9.17, 15) is 18.4 Å². The van der Waals surface area contributed by atoms with E-state index in [1.807, 2.05) is 0 Å². The molecule has 1 aliphatic rings. The van der Waals surface area contributed by atoms with Gasteiger partial charge in [0.05, 0.1) is 16.6 Å². The number of carbonyl (C=O) groups excluding carboxylic acids is 1. The lowest BCUT2D eigenvalue weighted by Gasteiger charge is -2.38. The predicted octanol–water partition coefficient (Wildman–Crippen LogP) is 1.62. The molecule has 3 aromatic rings. The molecule has 1 aliphatic heterocycles. The Bertz CT molecular complexity index is 1110. The van der Waals surface area contributed by atoms with Gasteiger partial charge in [-0.3, -0.25) is 14.3 Å². The maximum Gasteiger partial charge on any atom is 0.325 e. The summed E-state index contributed by atoms with van der Waals surface area (Å²) in [5.41, 5.74) is 6.37. The SMILES string of the molecule is Nc1cc(C(=O)N2CC(c3nn(CC(=O)O)c4cc(F)cc(F)c34)C2)ccn1. The van der Waals surface area contributed by atoms with Crippen molar-refractivity contribution in [1.82, 2.24) is 19.7 Å². The van der Waals surface area contributed by atoms with Crippen molar-refractivity contribution in [2.75, 3.05) is 18.8 Å². The van der Waals surface area contributed by atoms with Gasteiger partial charge >= 0.3 is 5.97 Å². The van der Waals surface area contributed by atoms with Gasteiger partial charge in [-0.15, -0.1) is 0 Å². The number of halogens is 2. The third-order valence-electron chi connectivity index (χ3n) is 4.67. The van der Waals surface area contributed by atoms with Gasteiger partial charge in [0.25, 0.3) is 5.91 Å². The summed E-state index contributed by atoms with van der Waals surface area (Å²) in [5, 5.41) is 13.3. The van der Waals surface area contributed by atoms with Crippen LogP contribution in [0.4, 0.5) is 14.6 Å². The van der Waals surface area contributed by atoms with Gasteiger partial charge in [0.15, 0.2) is 0 Å². The Labute approximate surface area is 157 Å². The first kappa shape index (κ1) is 17.8.